The van der Waals surface area contributed by atoms with Crippen LogP contribution in [0.3, 0.4) is 0 Å². The topological polar surface area (TPSA) is 41.8 Å². The van der Waals surface area contributed by atoms with Crippen LogP contribution in [0.1, 0.15) is 11.1 Å². The minimum Gasteiger partial charge on any atom is -0.329 e. The number of hydrogen-bond acceptors (Lipinski definition) is 3. The Balaban J connectivity index is 1.54. The summed E-state index contributed by atoms with van der Waals surface area (Å²) in [5.41, 5.74) is 2.17. The average molecular weight is 378 g/mol. The molecule has 1 fully saturated rings. The largest absolute Gasteiger partial charge is 0.329 e. The van der Waals surface area contributed by atoms with Crippen LogP contribution in [0, 0.1) is 0 Å². The van der Waals surface area contributed by atoms with Gasteiger partial charge in [0.05, 0.1) is 31.9 Å². The molecule has 25 heavy (non-hydrogen) atoms. The fourth-order valence-electron chi connectivity index (χ4n) is 3.17. The maximum absolute atomic E-state index is 12.6. The SMILES string of the molecule is CSc1ccc(C[NH+]2CCN(S(=O)(=O)Cc3ccccc3)CC2)cc1. The van der Waals surface area contributed by atoms with Crippen LogP contribution in [0.4, 0.5) is 0 Å². The summed E-state index contributed by atoms with van der Waals surface area (Å²) in [6.45, 7) is 3.89. The number of benzene rings is 2. The Morgan fingerprint density at radius 1 is 0.960 bits per heavy atom. The number of piperazine rings is 1. The second kappa shape index (κ2) is 8.36. The van der Waals surface area contributed by atoms with Crippen molar-refractivity contribution in [3.05, 3.63) is 65.7 Å². The van der Waals surface area contributed by atoms with Crippen molar-refractivity contribution >= 4 is 21.8 Å². The van der Waals surface area contributed by atoms with E-state index in [9.17, 15) is 8.42 Å². The number of rotatable bonds is 6. The molecule has 2 aromatic carbocycles. The third kappa shape index (κ3) is 5.07. The quantitative estimate of drug-likeness (QED) is 0.778. The molecule has 1 N–H and O–H groups in total. The fraction of sp³-hybridized carbons (Fsp3) is 0.368. The first-order valence-corrected chi connectivity index (χ1v) is 11.4. The monoisotopic (exact) mass is 377 g/mol. The first-order chi connectivity index (χ1) is 12.1. The Labute approximate surface area is 154 Å². The van der Waals surface area contributed by atoms with Gasteiger partial charge < -0.3 is 4.90 Å². The maximum Gasteiger partial charge on any atom is 0.218 e. The van der Waals surface area contributed by atoms with Gasteiger partial charge >= 0.3 is 0 Å². The summed E-state index contributed by atoms with van der Waals surface area (Å²) in [6.07, 6.45) is 2.08. The molecule has 3 rings (SSSR count). The number of quaternary nitrogens is 1. The van der Waals surface area contributed by atoms with E-state index in [1.165, 1.54) is 15.4 Å². The summed E-state index contributed by atoms with van der Waals surface area (Å²) in [6, 6.07) is 18.1. The molecule has 6 heteroatoms. The first-order valence-electron chi connectivity index (χ1n) is 8.55. The van der Waals surface area contributed by atoms with Gasteiger partial charge in [-0.15, -0.1) is 11.8 Å². The zero-order valence-electron chi connectivity index (χ0n) is 14.5. The summed E-state index contributed by atoms with van der Waals surface area (Å²) in [5.74, 6) is 0.0965. The van der Waals surface area contributed by atoms with Crippen LogP contribution in [0.25, 0.3) is 0 Å². The molecule has 0 bridgehead atoms. The van der Waals surface area contributed by atoms with Crippen LogP contribution in [-0.4, -0.2) is 45.2 Å². The summed E-state index contributed by atoms with van der Waals surface area (Å²) >= 11 is 1.75. The van der Waals surface area contributed by atoms with Gasteiger partial charge in [-0.05, 0) is 24.0 Å². The molecule has 0 spiro atoms. The van der Waals surface area contributed by atoms with Crippen molar-refractivity contribution in [3.63, 3.8) is 0 Å². The summed E-state index contributed by atoms with van der Waals surface area (Å²) in [5, 5.41) is 0. The van der Waals surface area contributed by atoms with Crippen molar-refractivity contribution < 1.29 is 13.3 Å². The fourth-order valence-corrected chi connectivity index (χ4v) is 5.11. The van der Waals surface area contributed by atoms with Gasteiger partial charge in [0.15, 0.2) is 0 Å². The summed E-state index contributed by atoms with van der Waals surface area (Å²) < 4.78 is 26.9. The van der Waals surface area contributed by atoms with Crippen LogP contribution in [0.2, 0.25) is 0 Å². The summed E-state index contributed by atoms with van der Waals surface area (Å²) in [7, 11) is -3.22. The number of thioether (sulfide) groups is 1. The van der Waals surface area contributed by atoms with Crippen molar-refractivity contribution in [2.45, 2.75) is 17.2 Å². The van der Waals surface area contributed by atoms with Crippen LogP contribution >= 0.6 is 11.8 Å². The van der Waals surface area contributed by atoms with Crippen LogP contribution in [0.5, 0.6) is 0 Å². The number of hydrogen-bond donors (Lipinski definition) is 1. The molecule has 0 atom stereocenters. The van der Waals surface area contributed by atoms with Gasteiger partial charge in [0, 0.05) is 10.5 Å². The van der Waals surface area contributed by atoms with E-state index in [1.54, 1.807) is 16.1 Å². The van der Waals surface area contributed by atoms with Gasteiger partial charge in [-0.25, -0.2) is 8.42 Å². The van der Waals surface area contributed by atoms with Gasteiger partial charge in [0.1, 0.15) is 6.54 Å². The number of nitrogens with zero attached hydrogens (tertiary/aromatic N) is 1. The third-order valence-electron chi connectivity index (χ3n) is 4.63. The van der Waals surface area contributed by atoms with Gasteiger partial charge in [-0.3, -0.25) is 0 Å². The van der Waals surface area contributed by atoms with Gasteiger partial charge in [0.25, 0.3) is 0 Å². The lowest BCUT2D eigenvalue weighted by atomic mass is 10.2. The molecule has 0 amide bonds. The van der Waals surface area contributed by atoms with Crippen LogP contribution in [-0.2, 0) is 22.3 Å². The van der Waals surface area contributed by atoms with Crippen molar-refractivity contribution in [1.29, 1.82) is 0 Å². The standard InChI is InChI=1S/C19H24N2O2S2/c1-24-19-9-7-17(8-10-19)15-20-11-13-21(14-12-20)25(22,23)16-18-5-3-2-4-6-18/h2-10H,11-16H2,1H3/p+1. The molecule has 134 valence electrons. The molecule has 0 aliphatic carbocycles. The second-order valence-corrected chi connectivity index (χ2v) is 9.26. The highest BCUT2D eigenvalue weighted by molar-refractivity contribution is 7.98. The first kappa shape index (κ1) is 18.5. The lowest BCUT2D eigenvalue weighted by Gasteiger charge is -2.31. The molecule has 0 saturated carbocycles. The van der Waals surface area contributed by atoms with Crippen molar-refractivity contribution in [2.75, 3.05) is 32.4 Å². The molecule has 0 unspecified atom stereocenters. The molecular formula is C19H25N2O2S2+. The van der Waals surface area contributed by atoms with E-state index in [4.69, 9.17) is 0 Å². The Morgan fingerprint density at radius 3 is 2.20 bits per heavy atom. The molecule has 0 radical (unpaired) electrons. The Hall–Kier alpha value is -1.34. The number of nitrogens with one attached hydrogen (secondary N) is 1. The molecule has 2 aromatic rings. The van der Waals surface area contributed by atoms with Gasteiger partial charge in [-0.2, -0.15) is 4.31 Å². The van der Waals surface area contributed by atoms with Crippen molar-refractivity contribution in [1.82, 2.24) is 4.31 Å². The normalized spacial score (nSPS) is 16.8. The van der Waals surface area contributed by atoms with E-state index in [1.807, 2.05) is 30.3 Å². The van der Waals surface area contributed by atoms with Crippen molar-refractivity contribution in [2.24, 2.45) is 0 Å². The Morgan fingerprint density at radius 2 is 1.60 bits per heavy atom. The Bertz CT molecular complexity index is 769. The summed E-state index contributed by atoms with van der Waals surface area (Å²) in [4.78, 5) is 2.72. The van der Waals surface area contributed by atoms with E-state index in [2.05, 4.69) is 30.5 Å². The highest BCUT2D eigenvalue weighted by Gasteiger charge is 2.29. The van der Waals surface area contributed by atoms with Crippen LogP contribution in [0.15, 0.2) is 59.5 Å². The van der Waals surface area contributed by atoms with E-state index < -0.39 is 10.0 Å². The molecular weight excluding hydrogens is 352 g/mol. The lowest BCUT2D eigenvalue weighted by Crippen LogP contribution is -3.13. The van der Waals surface area contributed by atoms with Crippen molar-refractivity contribution in [3.8, 4) is 0 Å². The maximum atomic E-state index is 12.6. The number of sulfonamides is 1. The molecule has 1 aliphatic heterocycles. The highest BCUT2D eigenvalue weighted by atomic mass is 32.2. The minimum atomic E-state index is -3.22. The minimum absolute atomic E-state index is 0.0965. The predicted octanol–water partition coefficient (Wildman–Crippen LogP) is 1.64. The van der Waals surface area contributed by atoms with Gasteiger partial charge in [0.2, 0.25) is 10.0 Å². The Kier molecular flexibility index (Phi) is 6.17. The zero-order chi connectivity index (χ0) is 17.7. The molecule has 4 nitrogen and oxygen atoms in total. The van der Waals surface area contributed by atoms with E-state index in [-0.39, 0.29) is 5.75 Å². The lowest BCUT2D eigenvalue weighted by molar-refractivity contribution is -0.917. The zero-order valence-corrected chi connectivity index (χ0v) is 16.2. The molecule has 1 saturated heterocycles. The predicted molar refractivity (Wildman–Crippen MR) is 103 cm³/mol. The molecule has 1 aliphatic rings. The van der Waals surface area contributed by atoms with Crippen LogP contribution < -0.4 is 4.90 Å². The molecule has 1 heterocycles. The van der Waals surface area contributed by atoms with Gasteiger partial charge in [-0.1, -0.05) is 42.5 Å². The second-order valence-electron chi connectivity index (χ2n) is 6.42. The highest BCUT2D eigenvalue weighted by Crippen LogP contribution is 2.14. The third-order valence-corrected chi connectivity index (χ3v) is 7.22. The van der Waals surface area contributed by atoms with E-state index in [0.717, 1.165) is 25.2 Å². The molecule has 0 aromatic heterocycles. The van der Waals surface area contributed by atoms with E-state index >= 15 is 0 Å². The average Bonchev–Trinajstić information content (AvgIpc) is 2.63. The van der Waals surface area contributed by atoms with E-state index in [0.29, 0.717) is 13.1 Å². The smallest absolute Gasteiger partial charge is 0.218 e.